The van der Waals surface area contributed by atoms with E-state index in [-0.39, 0.29) is 28.5 Å². The normalized spacial score (nSPS) is 18.4. The van der Waals surface area contributed by atoms with Crippen LogP contribution in [0.1, 0.15) is 37.8 Å². The van der Waals surface area contributed by atoms with Gasteiger partial charge in [0.05, 0.1) is 4.90 Å². The Morgan fingerprint density at radius 3 is 2.36 bits per heavy atom. The lowest BCUT2D eigenvalue weighted by Gasteiger charge is -2.19. The van der Waals surface area contributed by atoms with Crippen LogP contribution in [0.15, 0.2) is 64.5 Å². The number of aliphatic imine (C=N–C) groups is 1. The fraction of sp³-hybridized carbons (Fsp3) is 0.333. The van der Waals surface area contributed by atoms with Gasteiger partial charge in [0, 0.05) is 12.1 Å². The second kappa shape index (κ2) is 8.14. The van der Waals surface area contributed by atoms with Crippen LogP contribution in [-0.2, 0) is 14.8 Å². The molecule has 0 bridgehead atoms. The highest BCUT2D eigenvalue weighted by molar-refractivity contribution is 7.90. The van der Waals surface area contributed by atoms with E-state index >= 15 is 0 Å². The number of benzene rings is 2. The Morgan fingerprint density at radius 1 is 1.04 bits per heavy atom. The number of amides is 1. The molecule has 2 N–H and O–H groups in total. The van der Waals surface area contributed by atoms with Crippen molar-refractivity contribution in [3.05, 3.63) is 65.7 Å². The van der Waals surface area contributed by atoms with Crippen molar-refractivity contribution < 1.29 is 13.2 Å². The van der Waals surface area contributed by atoms with E-state index in [0.717, 1.165) is 5.56 Å². The first-order valence-electron chi connectivity index (χ1n) is 9.32. The van der Waals surface area contributed by atoms with Gasteiger partial charge in [0.25, 0.3) is 10.0 Å². The highest BCUT2D eigenvalue weighted by Gasteiger charge is 2.32. The summed E-state index contributed by atoms with van der Waals surface area (Å²) in [4.78, 5) is 17.5. The molecule has 0 radical (unpaired) electrons. The minimum Gasteiger partial charge on any atom is -0.354 e. The van der Waals surface area contributed by atoms with Gasteiger partial charge in [0.1, 0.15) is 11.9 Å². The second-order valence-electron chi connectivity index (χ2n) is 7.33. The molecule has 28 heavy (non-hydrogen) atoms. The van der Waals surface area contributed by atoms with Crippen molar-refractivity contribution in [2.75, 3.05) is 6.54 Å². The molecule has 148 valence electrons. The van der Waals surface area contributed by atoms with Crippen LogP contribution in [0.25, 0.3) is 0 Å². The molecule has 6 nitrogen and oxygen atoms in total. The molecule has 0 fully saturated rings. The Labute approximate surface area is 166 Å². The monoisotopic (exact) mass is 399 g/mol. The van der Waals surface area contributed by atoms with Gasteiger partial charge in [-0.3, -0.25) is 14.5 Å². The fourth-order valence-electron chi connectivity index (χ4n) is 3.14. The maximum Gasteiger partial charge on any atom is 0.263 e. The molecule has 1 aliphatic rings. The highest BCUT2D eigenvalue weighted by atomic mass is 32.2. The molecule has 7 heteroatoms. The summed E-state index contributed by atoms with van der Waals surface area (Å²) in [6, 6.07) is 15.9. The van der Waals surface area contributed by atoms with E-state index in [0.29, 0.717) is 12.1 Å². The van der Waals surface area contributed by atoms with Crippen LogP contribution < -0.4 is 10.0 Å². The molecular formula is C21H25N3O3S. The lowest BCUT2D eigenvalue weighted by Crippen LogP contribution is -2.40. The zero-order valence-corrected chi connectivity index (χ0v) is 17.0. The molecule has 1 heterocycles. The molecule has 0 spiro atoms. The number of rotatable bonds is 6. The van der Waals surface area contributed by atoms with Gasteiger partial charge in [-0.05, 0) is 29.5 Å². The molecule has 0 saturated heterocycles. The van der Waals surface area contributed by atoms with Gasteiger partial charge in [-0.25, -0.2) is 8.42 Å². The van der Waals surface area contributed by atoms with Crippen LogP contribution in [0.4, 0.5) is 0 Å². The van der Waals surface area contributed by atoms with Crippen LogP contribution in [0.5, 0.6) is 0 Å². The number of hydrogen-bond acceptors (Lipinski definition) is 4. The molecule has 0 aromatic heterocycles. The number of hydrogen-bond donors (Lipinski definition) is 2. The predicted molar refractivity (Wildman–Crippen MR) is 110 cm³/mol. The molecular weight excluding hydrogens is 374 g/mol. The van der Waals surface area contributed by atoms with Crippen LogP contribution in [-0.4, -0.2) is 32.7 Å². The molecule has 1 amide bonds. The van der Waals surface area contributed by atoms with Gasteiger partial charge in [0.2, 0.25) is 5.91 Å². The van der Waals surface area contributed by atoms with Gasteiger partial charge in [-0.15, -0.1) is 0 Å². The standard InChI is InChI=1S/C21H25N3O3S/c1-14(2)19(21(25)22-13-15(3)16-9-5-4-6-10-16)23-20-17-11-7-8-12-18(17)28(26,27)24-20/h4-12,14-15,19H,13H2,1-3H3,(H,22,25)(H,23,24)/t15-,19-/m1/s1. The number of carbonyl (C=O) groups is 1. The van der Waals surface area contributed by atoms with Crippen molar-refractivity contribution in [2.24, 2.45) is 10.9 Å². The first-order valence-corrected chi connectivity index (χ1v) is 10.8. The van der Waals surface area contributed by atoms with Gasteiger partial charge < -0.3 is 5.32 Å². The fourth-order valence-corrected chi connectivity index (χ4v) is 4.38. The smallest absolute Gasteiger partial charge is 0.263 e. The largest absolute Gasteiger partial charge is 0.354 e. The van der Waals surface area contributed by atoms with Gasteiger partial charge >= 0.3 is 0 Å². The Kier molecular flexibility index (Phi) is 5.84. The maximum atomic E-state index is 12.8. The van der Waals surface area contributed by atoms with Crippen molar-refractivity contribution >= 4 is 21.8 Å². The molecule has 0 unspecified atom stereocenters. The molecule has 0 saturated carbocycles. The molecule has 2 atom stereocenters. The molecule has 2 aromatic rings. The Hall–Kier alpha value is -2.67. The van der Waals surface area contributed by atoms with Crippen molar-refractivity contribution in [1.29, 1.82) is 0 Å². The average molecular weight is 400 g/mol. The third-order valence-corrected chi connectivity index (χ3v) is 6.18. The van der Waals surface area contributed by atoms with E-state index in [4.69, 9.17) is 0 Å². The van der Waals surface area contributed by atoms with E-state index in [9.17, 15) is 13.2 Å². The third-order valence-electron chi connectivity index (χ3n) is 4.78. The van der Waals surface area contributed by atoms with E-state index in [1.54, 1.807) is 18.2 Å². The minimum absolute atomic E-state index is 0.0863. The first kappa shape index (κ1) is 20.1. The quantitative estimate of drug-likeness (QED) is 0.783. The minimum atomic E-state index is -3.63. The second-order valence-corrected chi connectivity index (χ2v) is 8.98. The average Bonchev–Trinajstić information content (AvgIpc) is 2.95. The summed E-state index contributed by atoms with van der Waals surface area (Å²) in [7, 11) is -3.63. The SMILES string of the molecule is CC(C)[C@@H](N=C1NS(=O)(=O)c2ccccc21)C(=O)NC[C@@H](C)c1ccccc1. The molecule has 3 rings (SSSR count). The summed E-state index contributed by atoms with van der Waals surface area (Å²) in [5, 5.41) is 2.96. The van der Waals surface area contributed by atoms with Crippen molar-refractivity contribution in [2.45, 2.75) is 37.6 Å². The molecule has 2 aromatic carbocycles. The summed E-state index contributed by atoms with van der Waals surface area (Å²) in [5.41, 5.74) is 1.64. The lowest BCUT2D eigenvalue weighted by molar-refractivity contribution is -0.123. The van der Waals surface area contributed by atoms with Gasteiger partial charge in [-0.1, -0.05) is 63.2 Å². The number of amidine groups is 1. The summed E-state index contributed by atoms with van der Waals surface area (Å²) in [6.07, 6.45) is 0. The number of carbonyl (C=O) groups excluding carboxylic acids is 1. The van der Waals surface area contributed by atoms with E-state index in [2.05, 4.69) is 15.0 Å². The van der Waals surface area contributed by atoms with Gasteiger partial charge in [0.15, 0.2) is 0 Å². The van der Waals surface area contributed by atoms with E-state index in [1.165, 1.54) is 6.07 Å². The Balaban J connectivity index is 1.77. The number of nitrogens with zero attached hydrogens (tertiary/aromatic N) is 1. The maximum absolute atomic E-state index is 12.8. The van der Waals surface area contributed by atoms with Gasteiger partial charge in [-0.2, -0.15) is 0 Å². The summed E-state index contributed by atoms with van der Waals surface area (Å²) >= 11 is 0. The topological polar surface area (TPSA) is 87.6 Å². The van der Waals surface area contributed by atoms with Crippen molar-refractivity contribution in [3.8, 4) is 0 Å². The summed E-state index contributed by atoms with van der Waals surface area (Å²) in [5.74, 6) is 0.0857. The number of nitrogens with one attached hydrogen (secondary N) is 2. The zero-order chi connectivity index (χ0) is 20.3. The number of sulfonamides is 1. The van der Waals surface area contributed by atoms with Crippen LogP contribution in [0.2, 0.25) is 0 Å². The summed E-state index contributed by atoms with van der Waals surface area (Å²) in [6.45, 7) is 6.32. The third kappa shape index (κ3) is 4.25. The van der Waals surface area contributed by atoms with Crippen LogP contribution in [0.3, 0.4) is 0 Å². The first-order chi connectivity index (χ1) is 13.3. The molecule has 0 aliphatic carbocycles. The zero-order valence-electron chi connectivity index (χ0n) is 16.2. The van der Waals surface area contributed by atoms with E-state index in [1.807, 2.05) is 51.1 Å². The molecule has 1 aliphatic heterocycles. The van der Waals surface area contributed by atoms with Crippen molar-refractivity contribution in [1.82, 2.24) is 10.0 Å². The van der Waals surface area contributed by atoms with E-state index < -0.39 is 16.1 Å². The predicted octanol–water partition coefficient (Wildman–Crippen LogP) is 2.67. The Morgan fingerprint density at radius 2 is 1.68 bits per heavy atom. The number of fused-ring (bicyclic) bond motifs is 1. The van der Waals surface area contributed by atoms with Crippen LogP contribution in [0, 0.1) is 5.92 Å². The van der Waals surface area contributed by atoms with Crippen LogP contribution >= 0.6 is 0 Å². The summed E-state index contributed by atoms with van der Waals surface area (Å²) < 4.78 is 27.0. The lowest BCUT2D eigenvalue weighted by atomic mass is 10.00. The highest BCUT2D eigenvalue weighted by Crippen LogP contribution is 2.23. The Bertz CT molecular complexity index is 985. The van der Waals surface area contributed by atoms with Crippen molar-refractivity contribution in [3.63, 3.8) is 0 Å².